The van der Waals surface area contributed by atoms with E-state index in [1.54, 1.807) is 41.8 Å². The molecule has 37 heavy (non-hydrogen) atoms. The van der Waals surface area contributed by atoms with E-state index in [9.17, 15) is 13.0 Å². The third-order valence-corrected chi connectivity index (χ3v) is 8.41. The Kier molecular flexibility index (Phi) is 5.49. The van der Waals surface area contributed by atoms with Crippen molar-refractivity contribution >= 4 is 69.5 Å². The monoisotopic (exact) mass is 524 g/mol. The van der Waals surface area contributed by atoms with Crippen LogP contribution in [0.5, 0.6) is 0 Å². The summed E-state index contributed by atoms with van der Waals surface area (Å²) in [4.78, 5) is 4.43. The van der Waals surface area contributed by atoms with Crippen LogP contribution in [0, 0.1) is 6.92 Å². The molecule has 0 unspecified atom stereocenters. The van der Waals surface area contributed by atoms with Gasteiger partial charge in [0.15, 0.2) is 0 Å². The van der Waals surface area contributed by atoms with Crippen LogP contribution in [-0.2, 0) is 10.1 Å². The van der Waals surface area contributed by atoms with Crippen molar-refractivity contribution in [3.63, 3.8) is 0 Å². The quantitative estimate of drug-likeness (QED) is 0.138. The van der Waals surface area contributed by atoms with Crippen molar-refractivity contribution in [2.75, 3.05) is 5.73 Å². The van der Waals surface area contributed by atoms with Gasteiger partial charge in [-0.25, -0.2) is 0 Å². The number of azo groups is 1. The van der Waals surface area contributed by atoms with E-state index in [1.165, 1.54) is 26.2 Å². The van der Waals surface area contributed by atoms with E-state index in [4.69, 9.17) is 10.7 Å². The van der Waals surface area contributed by atoms with Crippen LogP contribution in [0.4, 0.5) is 17.1 Å². The first-order valence-corrected chi connectivity index (χ1v) is 13.6. The first-order valence-electron chi connectivity index (χ1n) is 11.4. The number of hydrogen-bond acceptors (Lipinski definition) is 7. The molecule has 0 spiro atoms. The van der Waals surface area contributed by atoms with Gasteiger partial charge in [-0.15, -0.1) is 21.6 Å². The first-order chi connectivity index (χ1) is 17.8. The van der Waals surface area contributed by atoms with Crippen LogP contribution in [0.3, 0.4) is 0 Å². The Morgan fingerprint density at radius 1 is 0.865 bits per heavy atom. The number of hydrogen-bond donors (Lipinski definition) is 2. The number of nitrogens with zero attached hydrogens (tertiary/aromatic N) is 3. The fraction of sp³-hybridized carbons (Fsp3) is 0.0357. The summed E-state index contributed by atoms with van der Waals surface area (Å²) in [6.45, 7) is 1.97. The van der Waals surface area contributed by atoms with Gasteiger partial charge >= 0.3 is 0 Å². The molecule has 0 aliphatic heterocycles. The van der Waals surface area contributed by atoms with E-state index in [0.29, 0.717) is 16.5 Å². The lowest BCUT2D eigenvalue weighted by molar-refractivity contribution is 0.484. The van der Waals surface area contributed by atoms with Crippen molar-refractivity contribution in [1.29, 1.82) is 0 Å². The lowest BCUT2D eigenvalue weighted by Crippen LogP contribution is -2.01. The highest BCUT2D eigenvalue weighted by molar-refractivity contribution is 7.86. The Bertz CT molecular complexity index is 2000. The molecule has 0 aliphatic rings. The molecular weight excluding hydrogens is 504 g/mol. The number of anilines is 1. The Balaban J connectivity index is 1.41. The van der Waals surface area contributed by atoms with Crippen molar-refractivity contribution in [1.82, 2.24) is 4.98 Å². The van der Waals surface area contributed by atoms with Gasteiger partial charge in [0, 0.05) is 36.5 Å². The number of aryl methyl sites for hydroxylation is 1. The van der Waals surface area contributed by atoms with Gasteiger partial charge in [-0.3, -0.25) is 9.54 Å². The van der Waals surface area contributed by atoms with E-state index in [2.05, 4.69) is 34.5 Å². The maximum absolute atomic E-state index is 12.0. The zero-order valence-corrected chi connectivity index (χ0v) is 21.2. The van der Waals surface area contributed by atoms with Crippen LogP contribution in [0.1, 0.15) is 5.56 Å². The number of rotatable bonds is 4. The Hall–Kier alpha value is -4.18. The average molecular weight is 525 g/mol. The number of pyridine rings is 1. The molecule has 0 bridgehead atoms. The van der Waals surface area contributed by atoms with Gasteiger partial charge in [-0.1, -0.05) is 60.7 Å². The summed E-state index contributed by atoms with van der Waals surface area (Å²) in [6, 6.07) is 24.4. The molecule has 6 aromatic rings. The minimum Gasteiger partial charge on any atom is -0.396 e. The average Bonchev–Trinajstić information content (AvgIpc) is 3.27. The molecule has 9 heteroatoms. The van der Waals surface area contributed by atoms with Crippen LogP contribution in [0.25, 0.3) is 42.2 Å². The van der Waals surface area contributed by atoms with Gasteiger partial charge in [0.1, 0.15) is 16.3 Å². The number of fused-ring (bicyclic) bond motifs is 4. The highest BCUT2D eigenvalue weighted by Crippen LogP contribution is 2.41. The topological polar surface area (TPSA) is 118 Å². The molecule has 0 amide bonds. The minimum atomic E-state index is -4.49. The molecule has 2 heterocycles. The third kappa shape index (κ3) is 4.03. The molecule has 7 nitrogen and oxygen atoms in total. The summed E-state index contributed by atoms with van der Waals surface area (Å²) < 4.78 is 36.1. The highest BCUT2D eigenvalue weighted by atomic mass is 32.2. The maximum atomic E-state index is 12.0. The lowest BCUT2D eigenvalue weighted by atomic mass is 10.0. The smallest absolute Gasteiger partial charge is 0.295 e. The maximum Gasteiger partial charge on any atom is 0.295 e. The largest absolute Gasteiger partial charge is 0.396 e. The van der Waals surface area contributed by atoms with Crippen LogP contribution in [0.15, 0.2) is 100 Å². The predicted molar refractivity (Wildman–Crippen MR) is 150 cm³/mol. The molecule has 0 radical (unpaired) electrons. The molecule has 0 saturated carbocycles. The second-order valence-corrected chi connectivity index (χ2v) is 11.1. The zero-order chi connectivity index (χ0) is 25.7. The van der Waals surface area contributed by atoms with Gasteiger partial charge < -0.3 is 5.73 Å². The number of nitrogens with two attached hydrogens (primary N) is 1. The van der Waals surface area contributed by atoms with Crippen LogP contribution < -0.4 is 5.73 Å². The Labute approximate surface area is 216 Å². The SMILES string of the molecule is Cc1cc(/N=N/c2cc(S(=O)(=O)O)c3ccccc3c2N)cnc1-c1cccc2c1sc1ccccc12. The highest BCUT2D eigenvalue weighted by Gasteiger charge is 2.18. The number of thiophene rings is 1. The molecule has 4 aromatic carbocycles. The Morgan fingerprint density at radius 3 is 2.32 bits per heavy atom. The second-order valence-electron chi connectivity index (χ2n) is 8.67. The fourth-order valence-electron chi connectivity index (χ4n) is 4.59. The second kappa shape index (κ2) is 8.74. The standard InChI is InChI=1S/C28H20N4O3S2/c1-16-13-17(31-32-23-14-25(37(33,34)35)19-8-2-3-9-20(19)26(23)29)15-30-27(16)22-11-6-10-21-18-7-4-5-12-24(18)36-28(21)22/h2-15H,29H2,1H3,(H,33,34,35)/b32-31+. The molecule has 0 atom stereocenters. The zero-order valence-electron chi connectivity index (χ0n) is 19.6. The molecule has 0 saturated heterocycles. The van der Waals surface area contributed by atoms with Crippen molar-refractivity contribution in [3.8, 4) is 11.3 Å². The van der Waals surface area contributed by atoms with Crippen molar-refractivity contribution in [3.05, 3.63) is 90.6 Å². The number of nitrogen functional groups attached to an aromatic ring is 1. The molecular formula is C28H20N4O3S2. The third-order valence-electron chi connectivity index (χ3n) is 6.30. The molecule has 6 rings (SSSR count). The minimum absolute atomic E-state index is 0.142. The molecule has 2 aromatic heterocycles. The fourth-order valence-corrected chi connectivity index (χ4v) is 6.52. The van der Waals surface area contributed by atoms with E-state index >= 15 is 0 Å². The van der Waals surface area contributed by atoms with E-state index in [1.807, 2.05) is 31.2 Å². The van der Waals surface area contributed by atoms with Gasteiger partial charge in [0.2, 0.25) is 0 Å². The summed E-state index contributed by atoms with van der Waals surface area (Å²) >= 11 is 1.74. The lowest BCUT2D eigenvalue weighted by Gasteiger charge is -2.09. The van der Waals surface area contributed by atoms with Gasteiger partial charge in [0.05, 0.1) is 17.6 Å². The van der Waals surface area contributed by atoms with E-state index in [-0.39, 0.29) is 16.3 Å². The molecule has 0 aliphatic carbocycles. The van der Waals surface area contributed by atoms with Crippen LogP contribution >= 0.6 is 11.3 Å². The van der Waals surface area contributed by atoms with Crippen LogP contribution in [0.2, 0.25) is 0 Å². The first kappa shape index (κ1) is 23.2. The number of aromatic nitrogens is 1. The summed E-state index contributed by atoms with van der Waals surface area (Å²) in [6.07, 6.45) is 1.62. The summed E-state index contributed by atoms with van der Waals surface area (Å²) in [5.74, 6) is 0. The molecule has 182 valence electrons. The molecule has 3 N–H and O–H groups in total. The molecule has 0 fully saturated rings. The van der Waals surface area contributed by atoms with Gasteiger partial charge in [-0.2, -0.15) is 8.42 Å². The van der Waals surface area contributed by atoms with Gasteiger partial charge in [0.25, 0.3) is 10.1 Å². The van der Waals surface area contributed by atoms with Crippen molar-refractivity contribution in [2.24, 2.45) is 10.2 Å². The van der Waals surface area contributed by atoms with Crippen molar-refractivity contribution in [2.45, 2.75) is 11.8 Å². The Morgan fingerprint density at radius 2 is 1.57 bits per heavy atom. The summed E-state index contributed by atoms with van der Waals surface area (Å²) in [5.41, 5.74) is 10.00. The summed E-state index contributed by atoms with van der Waals surface area (Å²) in [7, 11) is -4.49. The normalized spacial score (nSPS) is 12.3. The summed E-state index contributed by atoms with van der Waals surface area (Å²) in [5, 5.41) is 11.7. The van der Waals surface area contributed by atoms with Crippen molar-refractivity contribution < 1.29 is 13.0 Å². The van der Waals surface area contributed by atoms with E-state index < -0.39 is 10.1 Å². The predicted octanol–water partition coefficient (Wildman–Crippen LogP) is 7.82. The number of benzene rings is 4. The van der Waals surface area contributed by atoms with E-state index in [0.717, 1.165) is 16.8 Å². The van der Waals surface area contributed by atoms with Gasteiger partial charge in [-0.05, 0) is 30.7 Å². The van der Waals surface area contributed by atoms with Crippen LogP contribution in [-0.4, -0.2) is 18.0 Å².